The molecule has 0 bridgehead atoms. The summed E-state index contributed by atoms with van der Waals surface area (Å²) < 4.78 is 0.874. The molecule has 0 atom stereocenters. The van der Waals surface area contributed by atoms with Crippen molar-refractivity contribution in [2.45, 2.75) is 13.3 Å². The lowest BCUT2D eigenvalue weighted by Gasteiger charge is -2.02. The minimum atomic E-state index is 0.874. The number of nitrogens with zero attached hydrogens (tertiary/aromatic N) is 1. The highest BCUT2D eigenvalue weighted by atomic mass is 79.9. The molecule has 0 aliphatic carbocycles. The number of pyridine rings is 1. The van der Waals surface area contributed by atoms with Gasteiger partial charge in [-0.05, 0) is 34.5 Å². The summed E-state index contributed by atoms with van der Waals surface area (Å²) >= 11 is 3.30. The SMILES string of the molecule is CCCNc1ccnc(Br)c1. The van der Waals surface area contributed by atoms with Gasteiger partial charge in [0.15, 0.2) is 0 Å². The first kappa shape index (κ1) is 8.53. The minimum absolute atomic E-state index is 0.874. The molecule has 1 heterocycles. The van der Waals surface area contributed by atoms with Crippen LogP contribution in [0.1, 0.15) is 13.3 Å². The molecule has 60 valence electrons. The Hall–Kier alpha value is -0.570. The fraction of sp³-hybridized carbons (Fsp3) is 0.375. The van der Waals surface area contributed by atoms with Crippen LogP contribution in [0.2, 0.25) is 0 Å². The molecule has 1 aromatic heterocycles. The number of nitrogens with one attached hydrogen (secondary N) is 1. The number of halogens is 1. The fourth-order valence-electron chi connectivity index (χ4n) is 0.782. The maximum absolute atomic E-state index is 4.02. The summed E-state index contributed by atoms with van der Waals surface area (Å²) in [7, 11) is 0. The molecular formula is C8H11BrN2. The molecule has 0 radical (unpaired) electrons. The van der Waals surface area contributed by atoms with E-state index in [0.29, 0.717) is 0 Å². The summed E-state index contributed by atoms with van der Waals surface area (Å²) in [6.45, 7) is 3.15. The summed E-state index contributed by atoms with van der Waals surface area (Å²) in [5.74, 6) is 0. The minimum Gasteiger partial charge on any atom is -0.385 e. The van der Waals surface area contributed by atoms with Crippen molar-refractivity contribution in [1.82, 2.24) is 4.98 Å². The zero-order chi connectivity index (χ0) is 8.10. The third-order valence-electron chi connectivity index (χ3n) is 1.31. The molecule has 0 spiro atoms. The largest absolute Gasteiger partial charge is 0.385 e. The molecule has 0 aliphatic rings. The van der Waals surface area contributed by atoms with E-state index in [2.05, 4.69) is 33.2 Å². The monoisotopic (exact) mass is 214 g/mol. The van der Waals surface area contributed by atoms with Crippen molar-refractivity contribution in [3.8, 4) is 0 Å². The predicted octanol–water partition coefficient (Wildman–Crippen LogP) is 2.67. The van der Waals surface area contributed by atoms with Crippen LogP contribution < -0.4 is 5.32 Å². The third kappa shape index (κ3) is 2.89. The Balaban J connectivity index is 2.56. The first-order valence-corrected chi connectivity index (χ1v) is 4.47. The molecule has 1 aromatic rings. The summed E-state index contributed by atoms with van der Waals surface area (Å²) in [5, 5.41) is 3.27. The van der Waals surface area contributed by atoms with Gasteiger partial charge in [0.05, 0.1) is 0 Å². The molecule has 1 N–H and O–H groups in total. The van der Waals surface area contributed by atoms with Crippen LogP contribution in [0.5, 0.6) is 0 Å². The first-order chi connectivity index (χ1) is 5.33. The van der Waals surface area contributed by atoms with E-state index in [1.807, 2.05) is 12.1 Å². The van der Waals surface area contributed by atoms with Gasteiger partial charge in [-0.25, -0.2) is 4.98 Å². The van der Waals surface area contributed by atoms with Crippen LogP contribution in [-0.2, 0) is 0 Å². The molecular weight excluding hydrogens is 204 g/mol. The smallest absolute Gasteiger partial charge is 0.108 e. The second kappa shape index (κ2) is 4.34. The van der Waals surface area contributed by atoms with Gasteiger partial charge in [-0.2, -0.15) is 0 Å². The molecule has 0 amide bonds. The maximum Gasteiger partial charge on any atom is 0.108 e. The molecule has 3 heteroatoms. The van der Waals surface area contributed by atoms with Gasteiger partial charge < -0.3 is 5.32 Å². The van der Waals surface area contributed by atoms with Crippen molar-refractivity contribution in [1.29, 1.82) is 0 Å². The summed E-state index contributed by atoms with van der Waals surface area (Å²) in [6.07, 6.45) is 2.92. The zero-order valence-electron chi connectivity index (χ0n) is 6.47. The second-order valence-electron chi connectivity index (χ2n) is 2.29. The Morgan fingerprint density at radius 2 is 2.45 bits per heavy atom. The summed E-state index contributed by atoms with van der Waals surface area (Å²) in [6, 6.07) is 3.93. The molecule has 1 rings (SSSR count). The zero-order valence-corrected chi connectivity index (χ0v) is 8.06. The Bertz CT molecular complexity index is 225. The summed E-state index contributed by atoms with van der Waals surface area (Å²) in [4.78, 5) is 4.02. The highest BCUT2D eigenvalue weighted by Crippen LogP contribution is 2.11. The van der Waals surface area contributed by atoms with Gasteiger partial charge >= 0.3 is 0 Å². The number of hydrogen-bond donors (Lipinski definition) is 1. The average molecular weight is 215 g/mol. The van der Waals surface area contributed by atoms with Gasteiger partial charge in [-0.1, -0.05) is 6.92 Å². The molecule has 0 aliphatic heterocycles. The highest BCUT2D eigenvalue weighted by molar-refractivity contribution is 9.10. The van der Waals surface area contributed by atoms with Crippen LogP contribution in [0.3, 0.4) is 0 Å². The standard InChI is InChI=1S/C8H11BrN2/c1-2-4-10-7-3-5-11-8(9)6-7/h3,5-6H,2,4H2,1H3,(H,10,11). The quantitative estimate of drug-likeness (QED) is 0.784. The van der Waals surface area contributed by atoms with E-state index in [9.17, 15) is 0 Å². The van der Waals surface area contributed by atoms with Crippen molar-refractivity contribution >= 4 is 21.6 Å². The lowest BCUT2D eigenvalue weighted by molar-refractivity contribution is 0.978. The Kier molecular flexibility index (Phi) is 3.36. The molecule has 0 unspecified atom stereocenters. The van der Waals surface area contributed by atoms with Gasteiger partial charge in [-0.3, -0.25) is 0 Å². The fourth-order valence-corrected chi connectivity index (χ4v) is 1.15. The molecule has 0 saturated heterocycles. The average Bonchev–Trinajstić information content (AvgIpc) is 2.01. The number of anilines is 1. The Morgan fingerprint density at radius 1 is 1.64 bits per heavy atom. The van der Waals surface area contributed by atoms with E-state index < -0.39 is 0 Å². The van der Waals surface area contributed by atoms with Crippen molar-refractivity contribution in [2.75, 3.05) is 11.9 Å². The van der Waals surface area contributed by atoms with Crippen LogP contribution in [-0.4, -0.2) is 11.5 Å². The molecule has 0 saturated carbocycles. The van der Waals surface area contributed by atoms with Crippen molar-refractivity contribution in [3.63, 3.8) is 0 Å². The number of aromatic nitrogens is 1. The Labute approximate surface area is 75.2 Å². The van der Waals surface area contributed by atoms with Gasteiger partial charge in [-0.15, -0.1) is 0 Å². The van der Waals surface area contributed by atoms with E-state index in [-0.39, 0.29) is 0 Å². The van der Waals surface area contributed by atoms with Crippen molar-refractivity contribution < 1.29 is 0 Å². The lowest BCUT2D eigenvalue weighted by atomic mass is 10.4. The lowest BCUT2D eigenvalue weighted by Crippen LogP contribution is -1.99. The van der Waals surface area contributed by atoms with E-state index in [1.54, 1.807) is 6.20 Å². The molecule has 2 nitrogen and oxygen atoms in total. The third-order valence-corrected chi connectivity index (χ3v) is 1.74. The molecule has 11 heavy (non-hydrogen) atoms. The molecule has 0 fully saturated rings. The molecule has 0 aromatic carbocycles. The van der Waals surface area contributed by atoms with E-state index in [4.69, 9.17) is 0 Å². The predicted molar refractivity (Wildman–Crippen MR) is 50.7 cm³/mol. The van der Waals surface area contributed by atoms with Gasteiger partial charge in [0.2, 0.25) is 0 Å². The van der Waals surface area contributed by atoms with E-state index in [0.717, 1.165) is 23.3 Å². The Morgan fingerprint density at radius 3 is 3.09 bits per heavy atom. The first-order valence-electron chi connectivity index (χ1n) is 3.68. The van der Waals surface area contributed by atoms with E-state index in [1.165, 1.54) is 0 Å². The van der Waals surface area contributed by atoms with Crippen LogP contribution in [0.25, 0.3) is 0 Å². The van der Waals surface area contributed by atoms with Crippen LogP contribution in [0.4, 0.5) is 5.69 Å². The normalized spacial score (nSPS) is 9.64. The van der Waals surface area contributed by atoms with Crippen LogP contribution >= 0.6 is 15.9 Å². The highest BCUT2D eigenvalue weighted by Gasteiger charge is 1.90. The maximum atomic E-state index is 4.02. The van der Waals surface area contributed by atoms with Gasteiger partial charge in [0, 0.05) is 18.4 Å². The van der Waals surface area contributed by atoms with E-state index >= 15 is 0 Å². The van der Waals surface area contributed by atoms with Gasteiger partial charge in [0.1, 0.15) is 4.60 Å². The summed E-state index contributed by atoms with van der Waals surface area (Å²) in [5.41, 5.74) is 1.12. The topological polar surface area (TPSA) is 24.9 Å². The van der Waals surface area contributed by atoms with Crippen molar-refractivity contribution in [2.24, 2.45) is 0 Å². The number of rotatable bonds is 3. The second-order valence-corrected chi connectivity index (χ2v) is 3.11. The van der Waals surface area contributed by atoms with Crippen molar-refractivity contribution in [3.05, 3.63) is 22.9 Å². The van der Waals surface area contributed by atoms with Crippen LogP contribution in [0.15, 0.2) is 22.9 Å². The number of hydrogen-bond acceptors (Lipinski definition) is 2. The van der Waals surface area contributed by atoms with Gasteiger partial charge in [0.25, 0.3) is 0 Å². The van der Waals surface area contributed by atoms with Crippen LogP contribution in [0, 0.1) is 0 Å².